The molecule has 0 bridgehead atoms. The van der Waals surface area contributed by atoms with E-state index in [0.717, 1.165) is 32.5 Å². The fourth-order valence-electron chi connectivity index (χ4n) is 2.01. The van der Waals surface area contributed by atoms with E-state index < -0.39 is 0 Å². The molecule has 1 aromatic rings. The topological polar surface area (TPSA) is 26.3 Å². The summed E-state index contributed by atoms with van der Waals surface area (Å²) in [6.45, 7) is 1.65. The summed E-state index contributed by atoms with van der Waals surface area (Å²) < 4.78 is 5.29. The molecule has 1 aliphatic heterocycles. The van der Waals surface area contributed by atoms with Gasteiger partial charge in [-0.25, -0.2) is 0 Å². The second-order valence-corrected chi connectivity index (χ2v) is 5.45. The maximum atomic E-state index is 11.8. The summed E-state index contributed by atoms with van der Waals surface area (Å²) >= 11 is 1.64. The smallest absolute Gasteiger partial charge is 0.143 e. The van der Waals surface area contributed by atoms with Crippen molar-refractivity contribution in [2.75, 3.05) is 19.0 Å². The molecule has 0 saturated carbocycles. The number of Topliss-reactive ketones (excluding diaryl/α,β-unsaturated/α-hetero) is 1. The highest BCUT2D eigenvalue weighted by Gasteiger charge is 2.17. The maximum Gasteiger partial charge on any atom is 0.143 e. The molecule has 1 heterocycles. The van der Waals surface area contributed by atoms with E-state index >= 15 is 0 Å². The molecule has 1 saturated heterocycles. The van der Waals surface area contributed by atoms with Gasteiger partial charge >= 0.3 is 0 Å². The molecular weight excluding hydrogens is 232 g/mol. The van der Waals surface area contributed by atoms with Crippen molar-refractivity contribution < 1.29 is 9.53 Å². The Bertz CT molecular complexity index is 344. The van der Waals surface area contributed by atoms with Crippen LogP contribution < -0.4 is 0 Å². The normalized spacial score (nSPS) is 16.9. The number of ketones is 1. The standard InChI is InChI=1S/C14H18O2S/c15-13(10-12-6-8-16-9-7-12)11-17-14-4-2-1-3-5-14/h1-5,12H,6-11H2. The van der Waals surface area contributed by atoms with Gasteiger partial charge in [-0.15, -0.1) is 11.8 Å². The van der Waals surface area contributed by atoms with Gasteiger partial charge < -0.3 is 4.74 Å². The molecule has 0 aliphatic carbocycles. The molecule has 1 fully saturated rings. The Labute approximate surface area is 107 Å². The number of benzene rings is 1. The summed E-state index contributed by atoms with van der Waals surface area (Å²) in [4.78, 5) is 13.0. The monoisotopic (exact) mass is 250 g/mol. The Morgan fingerprint density at radius 1 is 1.24 bits per heavy atom. The summed E-state index contributed by atoms with van der Waals surface area (Å²) in [6.07, 6.45) is 2.81. The summed E-state index contributed by atoms with van der Waals surface area (Å²) in [5.41, 5.74) is 0. The van der Waals surface area contributed by atoms with Gasteiger partial charge in [0.25, 0.3) is 0 Å². The van der Waals surface area contributed by atoms with E-state index in [1.54, 1.807) is 11.8 Å². The highest BCUT2D eigenvalue weighted by molar-refractivity contribution is 8.00. The minimum atomic E-state index is 0.366. The highest BCUT2D eigenvalue weighted by atomic mass is 32.2. The van der Waals surface area contributed by atoms with Crippen LogP contribution in [0.2, 0.25) is 0 Å². The molecule has 2 nitrogen and oxygen atoms in total. The molecule has 1 aliphatic rings. The van der Waals surface area contributed by atoms with Crippen LogP contribution in [0, 0.1) is 5.92 Å². The molecule has 17 heavy (non-hydrogen) atoms. The molecule has 0 spiro atoms. The first-order chi connectivity index (χ1) is 8.34. The Morgan fingerprint density at radius 2 is 1.94 bits per heavy atom. The van der Waals surface area contributed by atoms with Gasteiger partial charge in [0.2, 0.25) is 0 Å². The van der Waals surface area contributed by atoms with E-state index in [0.29, 0.717) is 17.5 Å². The molecule has 0 unspecified atom stereocenters. The van der Waals surface area contributed by atoms with E-state index in [4.69, 9.17) is 4.74 Å². The van der Waals surface area contributed by atoms with Crippen LogP contribution in [-0.2, 0) is 9.53 Å². The maximum absolute atomic E-state index is 11.8. The molecule has 92 valence electrons. The van der Waals surface area contributed by atoms with E-state index in [1.165, 1.54) is 4.90 Å². The molecule has 0 atom stereocenters. The van der Waals surface area contributed by atoms with Crippen molar-refractivity contribution in [3.8, 4) is 0 Å². The van der Waals surface area contributed by atoms with E-state index in [2.05, 4.69) is 0 Å². The fourth-order valence-corrected chi connectivity index (χ4v) is 2.81. The number of hydrogen-bond donors (Lipinski definition) is 0. The number of carbonyl (C=O) groups excluding carboxylic acids is 1. The SMILES string of the molecule is O=C(CSc1ccccc1)CC1CCOCC1. The lowest BCUT2D eigenvalue weighted by Crippen LogP contribution is -2.19. The second kappa shape index (κ2) is 6.82. The Hall–Kier alpha value is -0.800. The fraction of sp³-hybridized carbons (Fsp3) is 0.500. The van der Waals surface area contributed by atoms with Gasteiger partial charge in [-0.1, -0.05) is 18.2 Å². The second-order valence-electron chi connectivity index (χ2n) is 4.40. The zero-order valence-electron chi connectivity index (χ0n) is 9.93. The Morgan fingerprint density at radius 3 is 2.65 bits per heavy atom. The van der Waals surface area contributed by atoms with Gasteiger partial charge in [-0.05, 0) is 30.9 Å². The largest absolute Gasteiger partial charge is 0.381 e. The van der Waals surface area contributed by atoms with Gasteiger partial charge in [0.15, 0.2) is 0 Å². The molecule has 2 rings (SSSR count). The van der Waals surface area contributed by atoms with Gasteiger partial charge in [-0.2, -0.15) is 0 Å². The van der Waals surface area contributed by atoms with Crippen LogP contribution in [-0.4, -0.2) is 24.7 Å². The van der Waals surface area contributed by atoms with Crippen LogP contribution in [0.15, 0.2) is 35.2 Å². The van der Waals surface area contributed by atoms with Crippen molar-refractivity contribution >= 4 is 17.5 Å². The van der Waals surface area contributed by atoms with Crippen molar-refractivity contribution in [2.24, 2.45) is 5.92 Å². The number of rotatable bonds is 5. The average molecular weight is 250 g/mol. The molecule has 0 amide bonds. The minimum absolute atomic E-state index is 0.366. The van der Waals surface area contributed by atoms with E-state index in [9.17, 15) is 4.79 Å². The van der Waals surface area contributed by atoms with Crippen LogP contribution >= 0.6 is 11.8 Å². The van der Waals surface area contributed by atoms with Crippen LogP contribution in [0.4, 0.5) is 0 Å². The third kappa shape index (κ3) is 4.52. The lowest BCUT2D eigenvalue weighted by molar-refractivity contribution is -0.118. The summed E-state index contributed by atoms with van der Waals surface area (Å²) in [7, 11) is 0. The summed E-state index contributed by atoms with van der Waals surface area (Å²) in [5, 5.41) is 0. The lowest BCUT2D eigenvalue weighted by atomic mass is 9.95. The quantitative estimate of drug-likeness (QED) is 0.751. The molecule has 0 aromatic heterocycles. The number of carbonyl (C=O) groups is 1. The van der Waals surface area contributed by atoms with Crippen molar-refractivity contribution in [1.29, 1.82) is 0 Å². The van der Waals surface area contributed by atoms with Gasteiger partial charge in [0, 0.05) is 24.5 Å². The molecule has 3 heteroatoms. The highest BCUT2D eigenvalue weighted by Crippen LogP contribution is 2.22. The van der Waals surface area contributed by atoms with Crippen LogP contribution in [0.3, 0.4) is 0 Å². The van der Waals surface area contributed by atoms with Crippen LogP contribution in [0.25, 0.3) is 0 Å². The van der Waals surface area contributed by atoms with Crippen molar-refractivity contribution in [3.05, 3.63) is 30.3 Å². The van der Waals surface area contributed by atoms with Crippen LogP contribution in [0.5, 0.6) is 0 Å². The van der Waals surface area contributed by atoms with Gasteiger partial charge in [0.1, 0.15) is 5.78 Å². The Balaban J connectivity index is 1.70. The van der Waals surface area contributed by atoms with Crippen molar-refractivity contribution in [1.82, 2.24) is 0 Å². The first-order valence-electron chi connectivity index (χ1n) is 6.12. The van der Waals surface area contributed by atoms with E-state index in [-0.39, 0.29) is 0 Å². The molecule has 1 aromatic carbocycles. The number of ether oxygens (including phenoxy) is 1. The summed E-state index contributed by atoms with van der Waals surface area (Å²) in [6, 6.07) is 10.1. The predicted octanol–water partition coefficient (Wildman–Crippen LogP) is 3.16. The molecule has 0 radical (unpaired) electrons. The molecule has 0 N–H and O–H groups in total. The number of thioether (sulfide) groups is 1. The molecular formula is C14H18O2S. The predicted molar refractivity (Wildman–Crippen MR) is 70.3 cm³/mol. The van der Waals surface area contributed by atoms with Crippen molar-refractivity contribution in [3.63, 3.8) is 0 Å². The third-order valence-electron chi connectivity index (χ3n) is 3.00. The third-order valence-corrected chi connectivity index (χ3v) is 4.07. The first-order valence-corrected chi connectivity index (χ1v) is 7.10. The van der Waals surface area contributed by atoms with Gasteiger partial charge in [0.05, 0.1) is 5.75 Å². The van der Waals surface area contributed by atoms with E-state index in [1.807, 2.05) is 30.3 Å². The lowest BCUT2D eigenvalue weighted by Gasteiger charge is -2.21. The number of hydrogen-bond acceptors (Lipinski definition) is 3. The van der Waals surface area contributed by atoms with Gasteiger partial charge in [-0.3, -0.25) is 4.79 Å². The first kappa shape index (κ1) is 12.7. The minimum Gasteiger partial charge on any atom is -0.381 e. The zero-order chi connectivity index (χ0) is 11.9. The van der Waals surface area contributed by atoms with Crippen LogP contribution in [0.1, 0.15) is 19.3 Å². The average Bonchev–Trinajstić information content (AvgIpc) is 2.39. The Kier molecular flexibility index (Phi) is 5.08. The zero-order valence-corrected chi connectivity index (χ0v) is 10.7. The summed E-state index contributed by atoms with van der Waals surface area (Å²) in [5.74, 6) is 1.51. The van der Waals surface area contributed by atoms with Crippen molar-refractivity contribution in [2.45, 2.75) is 24.2 Å².